The quantitative estimate of drug-likeness (QED) is 0.462. The molecule has 3 heteroatoms. The number of carbonyl (C=O) groups is 1. The first-order chi connectivity index (χ1) is 12.3. The molecule has 2 aromatic carbocycles. The fraction of sp³-hybridized carbons (Fsp3) is 0.136. The first-order valence-electron chi connectivity index (χ1n) is 8.42. The molecule has 0 radical (unpaired) electrons. The highest BCUT2D eigenvalue weighted by Crippen LogP contribution is 2.45. The Morgan fingerprint density at radius 1 is 1.00 bits per heavy atom. The minimum atomic E-state index is -0.662. The monoisotopic (exact) mass is 348 g/mol. The summed E-state index contributed by atoms with van der Waals surface area (Å²) >= 11 is 0. The molecule has 0 saturated carbocycles. The van der Waals surface area contributed by atoms with Crippen LogP contribution in [0.5, 0.6) is 0 Å². The maximum Gasteiger partial charge on any atom is 0.331 e. The van der Waals surface area contributed by atoms with E-state index in [0.29, 0.717) is 6.61 Å². The second-order valence-electron chi connectivity index (χ2n) is 5.63. The van der Waals surface area contributed by atoms with E-state index in [4.69, 9.17) is 4.74 Å². The molecule has 1 aliphatic rings. The van der Waals surface area contributed by atoms with Gasteiger partial charge in [-0.3, -0.25) is 0 Å². The standard InChI is InChI=1S/C22H21O2P/c1-2-24-22(23)17-18-11-9-10-16-21(18)25(19-12-5-3-6-13-19)20-14-7-4-8-15-20/h3-17,21H,2H2,1H3. The summed E-state index contributed by atoms with van der Waals surface area (Å²) in [5.74, 6) is -0.279. The fourth-order valence-corrected chi connectivity index (χ4v) is 5.54. The van der Waals surface area contributed by atoms with Gasteiger partial charge < -0.3 is 4.74 Å². The molecular weight excluding hydrogens is 327 g/mol. The van der Waals surface area contributed by atoms with Crippen molar-refractivity contribution in [2.24, 2.45) is 0 Å². The molecule has 3 rings (SSSR count). The van der Waals surface area contributed by atoms with Gasteiger partial charge in [0.2, 0.25) is 0 Å². The molecular formula is C22H21O2P. The van der Waals surface area contributed by atoms with Gasteiger partial charge in [0.05, 0.1) is 6.61 Å². The molecule has 1 atom stereocenters. The van der Waals surface area contributed by atoms with Crippen molar-refractivity contribution < 1.29 is 9.53 Å². The predicted molar refractivity (Wildman–Crippen MR) is 106 cm³/mol. The fourth-order valence-electron chi connectivity index (χ4n) is 2.88. The number of allylic oxidation sites excluding steroid dienone is 5. The van der Waals surface area contributed by atoms with Crippen molar-refractivity contribution in [1.29, 1.82) is 0 Å². The van der Waals surface area contributed by atoms with Gasteiger partial charge in [-0.1, -0.05) is 85.0 Å². The zero-order valence-corrected chi connectivity index (χ0v) is 15.1. The number of rotatable bonds is 5. The Hall–Kier alpha value is -2.44. The van der Waals surface area contributed by atoms with Crippen LogP contribution in [0.2, 0.25) is 0 Å². The summed E-state index contributed by atoms with van der Waals surface area (Å²) in [5.41, 5.74) is 1.15. The van der Waals surface area contributed by atoms with E-state index in [1.54, 1.807) is 6.08 Å². The Balaban J connectivity index is 2.04. The molecule has 0 saturated heterocycles. The lowest BCUT2D eigenvalue weighted by atomic mass is 10.1. The second-order valence-corrected chi connectivity index (χ2v) is 7.96. The molecule has 0 amide bonds. The molecule has 0 aromatic heterocycles. The van der Waals surface area contributed by atoms with Crippen molar-refractivity contribution in [2.75, 3.05) is 6.61 Å². The number of benzene rings is 2. The average molecular weight is 348 g/mol. The summed E-state index contributed by atoms with van der Waals surface area (Å²) in [4.78, 5) is 12.0. The van der Waals surface area contributed by atoms with Gasteiger partial charge in [0.1, 0.15) is 0 Å². The van der Waals surface area contributed by atoms with Crippen LogP contribution in [-0.2, 0) is 9.53 Å². The van der Waals surface area contributed by atoms with Crippen LogP contribution in [-0.4, -0.2) is 18.2 Å². The number of hydrogen-bond donors (Lipinski definition) is 0. The topological polar surface area (TPSA) is 26.3 Å². The Morgan fingerprint density at radius 2 is 1.60 bits per heavy atom. The van der Waals surface area contributed by atoms with Gasteiger partial charge in [-0.25, -0.2) is 4.79 Å². The van der Waals surface area contributed by atoms with E-state index in [0.717, 1.165) is 5.57 Å². The van der Waals surface area contributed by atoms with Crippen molar-refractivity contribution in [3.63, 3.8) is 0 Å². The summed E-state index contributed by atoms with van der Waals surface area (Å²) in [5, 5.41) is 2.59. The molecule has 0 aliphatic heterocycles. The molecule has 126 valence electrons. The van der Waals surface area contributed by atoms with Gasteiger partial charge >= 0.3 is 5.97 Å². The number of esters is 1. The van der Waals surface area contributed by atoms with E-state index < -0.39 is 7.92 Å². The van der Waals surface area contributed by atoms with Crippen LogP contribution in [0.3, 0.4) is 0 Å². The van der Waals surface area contributed by atoms with Crippen LogP contribution >= 0.6 is 7.92 Å². The predicted octanol–water partition coefficient (Wildman–Crippen LogP) is 4.10. The zero-order chi connectivity index (χ0) is 17.5. The van der Waals surface area contributed by atoms with Crippen LogP contribution in [0.4, 0.5) is 0 Å². The minimum absolute atomic E-state index is 0.147. The van der Waals surface area contributed by atoms with E-state index in [9.17, 15) is 4.79 Å². The van der Waals surface area contributed by atoms with Gasteiger partial charge in [-0.2, -0.15) is 0 Å². The number of carbonyl (C=O) groups excluding carboxylic acids is 1. The Labute approximate surface area is 150 Å². The summed E-state index contributed by atoms with van der Waals surface area (Å²) in [6.07, 6.45) is 9.88. The third-order valence-corrected chi connectivity index (χ3v) is 6.69. The first kappa shape index (κ1) is 17.4. The molecule has 0 N–H and O–H groups in total. The highest BCUT2D eigenvalue weighted by atomic mass is 31.1. The molecule has 1 aliphatic carbocycles. The van der Waals surface area contributed by atoms with Crippen LogP contribution in [0, 0.1) is 0 Å². The van der Waals surface area contributed by atoms with E-state index in [1.165, 1.54) is 10.6 Å². The van der Waals surface area contributed by atoms with Gasteiger partial charge in [0.25, 0.3) is 0 Å². The van der Waals surface area contributed by atoms with Gasteiger partial charge in [-0.15, -0.1) is 0 Å². The summed E-state index contributed by atoms with van der Waals surface area (Å²) in [6, 6.07) is 21.1. The molecule has 0 bridgehead atoms. The summed E-state index contributed by atoms with van der Waals surface area (Å²) in [6.45, 7) is 2.21. The Bertz CT molecular complexity index is 752. The van der Waals surface area contributed by atoms with Crippen LogP contribution in [0.15, 0.2) is 96.6 Å². The second kappa shape index (κ2) is 8.60. The molecule has 25 heavy (non-hydrogen) atoms. The maximum atomic E-state index is 12.0. The lowest BCUT2D eigenvalue weighted by Gasteiger charge is -2.28. The minimum Gasteiger partial charge on any atom is -0.463 e. The first-order valence-corrected chi connectivity index (χ1v) is 9.83. The van der Waals surface area contributed by atoms with E-state index >= 15 is 0 Å². The van der Waals surface area contributed by atoms with Crippen molar-refractivity contribution in [3.05, 3.63) is 96.6 Å². The van der Waals surface area contributed by atoms with Crippen molar-refractivity contribution >= 4 is 24.5 Å². The lowest BCUT2D eigenvalue weighted by Crippen LogP contribution is -2.23. The molecule has 1 unspecified atom stereocenters. The van der Waals surface area contributed by atoms with Crippen LogP contribution < -0.4 is 10.6 Å². The Morgan fingerprint density at radius 3 is 2.16 bits per heavy atom. The van der Waals surface area contributed by atoms with Gasteiger partial charge in [0.15, 0.2) is 0 Å². The number of ether oxygens (including phenoxy) is 1. The van der Waals surface area contributed by atoms with Gasteiger partial charge in [-0.05, 0) is 31.0 Å². The SMILES string of the molecule is CCOC(=O)C=C1C=CC=CC1P(c1ccccc1)c1ccccc1. The maximum absolute atomic E-state index is 12.0. The normalized spacial score (nSPS) is 17.8. The lowest BCUT2D eigenvalue weighted by molar-refractivity contribution is -0.137. The smallest absolute Gasteiger partial charge is 0.331 e. The molecule has 0 fully saturated rings. The van der Waals surface area contributed by atoms with Crippen molar-refractivity contribution in [3.8, 4) is 0 Å². The van der Waals surface area contributed by atoms with Crippen molar-refractivity contribution in [2.45, 2.75) is 12.6 Å². The third-order valence-electron chi connectivity index (χ3n) is 3.95. The Kier molecular flexibility index (Phi) is 5.98. The van der Waals surface area contributed by atoms with Gasteiger partial charge in [0, 0.05) is 11.7 Å². The van der Waals surface area contributed by atoms with Crippen LogP contribution in [0.25, 0.3) is 0 Å². The van der Waals surface area contributed by atoms with Crippen LogP contribution in [0.1, 0.15) is 6.92 Å². The average Bonchev–Trinajstić information content (AvgIpc) is 2.65. The summed E-state index contributed by atoms with van der Waals surface area (Å²) < 4.78 is 5.12. The number of hydrogen-bond acceptors (Lipinski definition) is 2. The molecule has 2 nitrogen and oxygen atoms in total. The molecule has 2 aromatic rings. The largest absolute Gasteiger partial charge is 0.463 e. The van der Waals surface area contributed by atoms with Crippen molar-refractivity contribution in [1.82, 2.24) is 0 Å². The van der Waals surface area contributed by atoms with E-state index in [-0.39, 0.29) is 11.6 Å². The zero-order valence-electron chi connectivity index (χ0n) is 14.2. The summed E-state index contributed by atoms with van der Waals surface area (Å²) in [7, 11) is -0.662. The third kappa shape index (κ3) is 4.35. The highest BCUT2D eigenvalue weighted by molar-refractivity contribution is 7.74. The van der Waals surface area contributed by atoms with E-state index in [1.807, 2.05) is 31.2 Å². The highest BCUT2D eigenvalue weighted by Gasteiger charge is 2.26. The molecule has 0 heterocycles. The molecule has 0 spiro atoms. The van der Waals surface area contributed by atoms with E-state index in [2.05, 4.69) is 60.7 Å².